The first-order valence-corrected chi connectivity index (χ1v) is 6.02. The highest BCUT2D eigenvalue weighted by atomic mass is 16.5. The molecule has 0 saturated heterocycles. The summed E-state index contributed by atoms with van der Waals surface area (Å²) in [6.45, 7) is 2.63. The van der Waals surface area contributed by atoms with Gasteiger partial charge in [-0.15, -0.1) is 0 Å². The van der Waals surface area contributed by atoms with E-state index in [1.165, 1.54) is 7.11 Å². The molecule has 2 aromatic rings. The Balaban J connectivity index is 2.16. The lowest BCUT2D eigenvalue weighted by Gasteiger charge is -2.10. The van der Waals surface area contributed by atoms with Crippen LogP contribution in [-0.4, -0.2) is 22.9 Å². The van der Waals surface area contributed by atoms with Gasteiger partial charge in [-0.05, 0) is 19.1 Å². The Hall–Kier alpha value is -2.30. The van der Waals surface area contributed by atoms with Crippen LogP contribution in [-0.2, 0) is 18.3 Å². The number of carbonyl (C=O) groups excluding carboxylic acids is 1. The van der Waals surface area contributed by atoms with Crippen LogP contribution >= 0.6 is 0 Å². The Morgan fingerprint density at radius 2 is 2.16 bits per heavy atom. The lowest BCUT2D eigenvalue weighted by atomic mass is 10.1. The molecule has 0 amide bonds. The zero-order valence-corrected chi connectivity index (χ0v) is 11.3. The molecule has 0 spiro atoms. The van der Waals surface area contributed by atoms with E-state index in [0.29, 0.717) is 12.1 Å². The van der Waals surface area contributed by atoms with Crippen LogP contribution in [0.15, 0.2) is 30.5 Å². The molecule has 0 bridgehead atoms. The van der Waals surface area contributed by atoms with Gasteiger partial charge in [-0.2, -0.15) is 5.10 Å². The van der Waals surface area contributed by atoms with Crippen molar-refractivity contribution in [2.24, 2.45) is 7.05 Å². The molecule has 0 fully saturated rings. The zero-order chi connectivity index (χ0) is 13.8. The highest BCUT2D eigenvalue weighted by Gasteiger charge is 2.11. The Morgan fingerprint density at radius 1 is 1.42 bits per heavy atom. The number of aromatic nitrogens is 2. The highest BCUT2D eigenvalue weighted by Crippen LogP contribution is 2.17. The van der Waals surface area contributed by atoms with Gasteiger partial charge in [-0.25, -0.2) is 4.79 Å². The Kier molecular flexibility index (Phi) is 3.85. The predicted molar refractivity (Wildman–Crippen MR) is 73.1 cm³/mol. The Labute approximate surface area is 112 Å². The molecule has 0 atom stereocenters. The average Bonchev–Trinajstić information content (AvgIpc) is 2.76. The topological polar surface area (TPSA) is 56.1 Å². The maximum Gasteiger partial charge on any atom is 0.339 e. The molecular formula is C14H17N3O2. The molecule has 2 rings (SSSR count). The lowest BCUT2D eigenvalue weighted by Crippen LogP contribution is -2.08. The van der Waals surface area contributed by atoms with Gasteiger partial charge in [0, 0.05) is 30.5 Å². The highest BCUT2D eigenvalue weighted by molar-refractivity contribution is 5.95. The first-order chi connectivity index (χ1) is 9.13. The standard InChI is InChI=1S/C14H17N3O2/c1-10-11(9-16-17(10)2)8-15-13-7-5-4-6-12(13)14(18)19-3/h4-7,9,15H,8H2,1-3H3. The van der Waals surface area contributed by atoms with Gasteiger partial charge < -0.3 is 10.1 Å². The van der Waals surface area contributed by atoms with Crippen LogP contribution in [0.3, 0.4) is 0 Å². The quantitative estimate of drug-likeness (QED) is 0.855. The summed E-state index contributed by atoms with van der Waals surface area (Å²) in [4.78, 5) is 11.6. The first kappa shape index (κ1) is 13.1. The van der Waals surface area contributed by atoms with Crippen molar-refractivity contribution in [2.75, 3.05) is 12.4 Å². The predicted octanol–water partition coefficient (Wildman–Crippen LogP) is 2.13. The van der Waals surface area contributed by atoms with Crippen molar-refractivity contribution in [3.05, 3.63) is 47.3 Å². The monoisotopic (exact) mass is 259 g/mol. The fourth-order valence-corrected chi connectivity index (χ4v) is 1.83. The molecule has 0 radical (unpaired) electrons. The molecule has 1 aromatic heterocycles. The maximum atomic E-state index is 11.6. The van der Waals surface area contributed by atoms with Crippen molar-refractivity contribution >= 4 is 11.7 Å². The van der Waals surface area contributed by atoms with Crippen LogP contribution in [0.5, 0.6) is 0 Å². The molecule has 100 valence electrons. The van der Waals surface area contributed by atoms with Crippen LogP contribution in [0.4, 0.5) is 5.69 Å². The van der Waals surface area contributed by atoms with Crippen LogP contribution < -0.4 is 5.32 Å². The fraction of sp³-hybridized carbons (Fsp3) is 0.286. The fourth-order valence-electron chi connectivity index (χ4n) is 1.83. The summed E-state index contributed by atoms with van der Waals surface area (Å²) in [6, 6.07) is 7.29. The van der Waals surface area contributed by atoms with E-state index in [1.54, 1.807) is 6.07 Å². The van der Waals surface area contributed by atoms with E-state index < -0.39 is 0 Å². The minimum absolute atomic E-state index is 0.342. The van der Waals surface area contributed by atoms with Gasteiger partial charge >= 0.3 is 5.97 Å². The third kappa shape index (κ3) is 2.76. The molecule has 0 saturated carbocycles. The second-order valence-corrected chi connectivity index (χ2v) is 4.27. The van der Waals surface area contributed by atoms with Crippen molar-refractivity contribution in [2.45, 2.75) is 13.5 Å². The van der Waals surface area contributed by atoms with Crippen LogP contribution in [0, 0.1) is 6.92 Å². The van der Waals surface area contributed by atoms with Gasteiger partial charge in [-0.3, -0.25) is 4.68 Å². The maximum absolute atomic E-state index is 11.6. The number of esters is 1. The van der Waals surface area contributed by atoms with Gasteiger partial charge in [-0.1, -0.05) is 12.1 Å². The van der Waals surface area contributed by atoms with Gasteiger partial charge in [0.25, 0.3) is 0 Å². The first-order valence-electron chi connectivity index (χ1n) is 6.02. The SMILES string of the molecule is COC(=O)c1ccccc1NCc1cnn(C)c1C. The number of ether oxygens (including phenoxy) is 1. The van der Waals surface area contributed by atoms with E-state index in [4.69, 9.17) is 4.74 Å². The Bertz CT molecular complexity index is 590. The van der Waals surface area contributed by atoms with Crippen molar-refractivity contribution in [1.29, 1.82) is 0 Å². The number of anilines is 1. The normalized spacial score (nSPS) is 10.3. The summed E-state index contributed by atoms with van der Waals surface area (Å²) in [7, 11) is 3.28. The summed E-state index contributed by atoms with van der Waals surface area (Å²) in [5.74, 6) is -0.342. The summed E-state index contributed by atoms with van der Waals surface area (Å²) in [5, 5.41) is 7.43. The van der Waals surface area contributed by atoms with E-state index in [2.05, 4.69) is 10.4 Å². The van der Waals surface area contributed by atoms with Crippen LogP contribution in [0.1, 0.15) is 21.6 Å². The van der Waals surface area contributed by atoms with Gasteiger partial charge in [0.2, 0.25) is 0 Å². The molecule has 5 nitrogen and oxygen atoms in total. The molecule has 5 heteroatoms. The average molecular weight is 259 g/mol. The molecule has 1 N–H and O–H groups in total. The van der Waals surface area contributed by atoms with Gasteiger partial charge in [0.15, 0.2) is 0 Å². The number of para-hydroxylation sites is 1. The van der Waals surface area contributed by atoms with E-state index in [9.17, 15) is 4.79 Å². The van der Waals surface area contributed by atoms with E-state index in [0.717, 1.165) is 16.9 Å². The molecule has 19 heavy (non-hydrogen) atoms. The number of nitrogens with zero attached hydrogens (tertiary/aromatic N) is 2. The lowest BCUT2D eigenvalue weighted by molar-refractivity contribution is 0.0602. The van der Waals surface area contributed by atoms with Gasteiger partial charge in [0.1, 0.15) is 0 Å². The van der Waals surface area contributed by atoms with Crippen molar-refractivity contribution in [3.63, 3.8) is 0 Å². The van der Waals surface area contributed by atoms with E-state index in [1.807, 2.05) is 43.0 Å². The molecule has 0 aliphatic carbocycles. The third-order valence-electron chi connectivity index (χ3n) is 3.14. The summed E-state index contributed by atoms with van der Waals surface area (Å²) < 4.78 is 6.58. The largest absolute Gasteiger partial charge is 0.465 e. The molecule has 0 unspecified atom stereocenters. The molecular weight excluding hydrogens is 242 g/mol. The van der Waals surface area contributed by atoms with Crippen LogP contribution in [0.2, 0.25) is 0 Å². The molecule has 0 aliphatic rings. The number of benzene rings is 1. The zero-order valence-electron chi connectivity index (χ0n) is 11.3. The number of nitrogens with one attached hydrogen (secondary N) is 1. The summed E-state index contributed by atoms with van der Waals surface area (Å²) in [6.07, 6.45) is 1.82. The second-order valence-electron chi connectivity index (χ2n) is 4.27. The summed E-state index contributed by atoms with van der Waals surface area (Å²) in [5.41, 5.74) is 3.49. The van der Waals surface area contributed by atoms with Crippen molar-refractivity contribution in [3.8, 4) is 0 Å². The number of hydrogen-bond acceptors (Lipinski definition) is 4. The van der Waals surface area contributed by atoms with Crippen molar-refractivity contribution in [1.82, 2.24) is 9.78 Å². The van der Waals surface area contributed by atoms with E-state index >= 15 is 0 Å². The minimum atomic E-state index is -0.342. The van der Waals surface area contributed by atoms with Crippen LogP contribution in [0.25, 0.3) is 0 Å². The minimum Gasteiger partial charge on any atom is -0.465 e. The Morgan fingerprint density at radius 3 is 2.79 bits per heavy atom. The molecule has 1 aromatic carbocycles. The summed E-state index contributed by atoms with van der Waals surface area (Å²) >= 11 is 0. The number of methoxy groups -OCH3 is 1. The molecule has 0 aliphatic heterocycles. The smallest absolute Gasteiger partial charge is 0.339 e. The molecule has 1 heterocycles. The number of aryl methyl sites for hydroxylation is 1. The third-order valence-corrected chi connectivity index (χ3v) is 3.14. The number of hydrogen-bond donors (Lipinski definition) is 1. The number of carbonyl (C=O) groups is 1. The van der Waals surface area contributed by atoms with Gasteiger partial charge in [0.05, 0.1) is 18.9 Å². The number of rotatable bonds is 4. The van der Waals surface area contributed by atoms with Crippen molar-refractivity contribution < 1.29 is 9.53 Å². The second kappa shape index (κ2) is 5.56. The van der Waals surface area contributed by atoms with E-state index in [-0.39, 0.29) is 5.97 Å².